The van der Waals surface area contributed by atoms with E-state index in [4.69, 9.17) is 4.74 Å². The number of unbranched alkanes of at least 4 members (excludes halogenated alkanes) is 7. The highest BCUT2D eigenvalue weighted by molar-refractivity contribution is 5.96. The van der Waals surface area contributed by atoms with Crippen LogP contribution in [0.15, 0.2) is 30.3 Å². The van der Waals surface area contributed by atoms with E-state index in [0.29, 0.717) is 12.2 Å². The number of benzene rings is 1. The van der Waals surface area contributed by atoms with Crippen LogP contribution in [0.25, 0.3) is 5.57 Å². The van der Waals surface area contributed by atoms with Gasteiger partial charge in [-0.3, -0.25) is 4.79 Å². The van der Waals surface area contributed by atoms with Crippen molar-refractivity contribution in [3.8, 4) is 0 Å². The molecule has 0 aliphatic heterocycles. The standard InChI is InChI=1S/C24H37NO3/c1-5-7-8-9-10-11-12-13-18-28-24(27)20(4)25-23(26)22-16-14-21(15-17-22)19(3)6-2/h6,14-17,20H,5,7-13,18H2,1-4H3,(H,25,26)/b19-6+/t20-/m0/s1. The number of hydrogen-bond acceptors (Lipinski definition) is 3. The monoisotopic (exact) mass is 387 g/mol. The van der Waals surface area contributed by atoms with E-state index in [1.807, 2.05) is 32.1 Å². The Kier molecular flexibility index (Phi) is 11.9. The molecular formula is C24H37NO3. The van der Waals surface area contributed by atoms with Crippen molar-refractivity contribution in [1.82, 2.24) is 5.32 Å². The molecule has 1 N–H and O–H groups in total. The molecule has 0 bridgehead atoms. The fraction of sp³-hybridized carbons (Fsp3) is 0.583. The topological polar surface area (TPSA) is 55.4 Å². The van der Waals surface area contributed by atoms with Crippen LogP contribution < -0.4 is 5.32 Å². The van der Waals surface area contributed by atoms with Crippen LogP contribution in [0.5, 0.6) is 0 Å². The molecule has 4 nitrogen and oxygen atoms in total. The van der Waals surface area contributed by atoms with E-state index in [0.717, 1.165) is 24.0 Å². The molecule has 1 amide bonds. The van der Waals surface area contributed by atoms with Crippen molar-refractivity contribution in [2.75, 3.05) is 6.61 Å². The summed E-state index contributed by atoms with van der Waals surface area (Å²) < 4.78 is 5.29. The molecular weight excluding hydrogens is 350 g/mol. The highest BCUT2D eigenvalue weighted by Crippen LogP contribution is 2.14. The van der Waals surface area contributed by atoms with Gasteiger partial charge in [0.1, 0.15) is 6.04 Å². The molecule has 0 fully saturated rings. The fourth-order valence-electron chi connectivity index (χ4n) is 2.92. The second-order valence-electron chi connectivity index (χ2n) is 7.39. The predicted molar refractivity (Wildman–Crippen MR) is 116 cm³/mol. The van der Waals surface area contributed by atoms with Gasteiger partial charge in [0.05, 0.1) is 6.61 Å². The Bertz CT molecular complexity index is 619. The number of allylic oxidation sites excluding steroid dienone is 2. The Morgan fingerprint density at radius 3 is 2.07 bits per heavy atom. The Labute approximate surface area is 170 Å². The van der Waals surface area contributed by atoms with Crippen LogP contribution in [0.1, 0.15) is 95.0 Å². The van der Waals surface area contributed by atoms with Crippen molar-refractivity contribution in [2.45, 2.75) is 85.1 Å². The Morgan fingerprint density at radius 2 is 1.50 bits per heavy atom. The van der Waals surface area contributed by atoms with Gasteiger partial charge < -0.3 is 10.1 Å². The third-order valence-electron chi connectivity index (χ3n) is 4.98. The molecule has 1 atom stereocenters. The summed E-state index contributed by atoms with van der Waals surface area (Å²) >= 11 is 0. The molecule has 0 radical (unpaired) electrons. The fourth-order valence-corrected chi connectivity index (χ4v) is 2.92. The van der Waals surface area contributed by atoms with E-state index in [1.165, 1.54) is 38.5 Å². The number of ether oxygens (including phenoxy) is 1. The van der Waals surface area contributed by atoms with Gasteiger partial charge in [0.15, 0.2) is 0 Å². The van der Waals surface area contributed by atoms with Crippen molar-refractivity contribution >= 4 is 17.4 Å². The molecule has 1 aromatic rings. The normalized spacial score (nSPS) is 12.5. The van der Waals surface area contributed by atoms with Gasteiger partial charge in [-0.15, -0.1) is 0 Å². The minimum absolute atomic E-state index is 0.263. The van der Waals surface area contributed by atoms with Gasteiger partial charge in [-0.05, 0) is 50.5 Å². The van der Waals surface area contributed by atoms with E-state index in [-0.39, 0.29) is 11.9 Å². The minimum Gasteiger partial charge on any atom is -0.464 e. The maximum absolute atomic E-state index is 12.3. The smallest absolute Gasteiger partial charge is 0.328 e. The number of amides is 1. The van der Waals surface area contributed by atoms with Crippen molar-refractivity contribution in [1.29, 1.82) is 0 Å². The Balaban J connectivity index is 2.25. The molecule has 0 aliphatic rings. The maximum atomic E-state index is 12.3. The molecule has 0 saturated carbocycles. The van der Waals surface area contributed by atoms with Crippen molar-refractivity contribution in [2.24, 2.45) is 0 Å². The molecule has 1 rings (SSSR count). The molecule has 0 spiro atoms. The summed E-state index contributed by atoms with van der Waals surface area (Å²) in [5.74, 6) is -0.640. The Hall–Kier alpha value is -2.10. The lowest BCUT2D eigenvalue weighted by molar-refractivity contribution is -0.145. The van der Waals surface area contributed by atoms with Gasteiger partial charge in [0.25, 0.3) is 5.91 Å². The molecule has 4 heteroatoms. The first kappa shape index (κ1) is 23.9. The van der Waals surface area contributed by atoms with Crippen molar-refractivity contribution < 1.29 is 14.3 Å². The molecule has 0 aliphatic carbocycles. The second kappa shape index (κ2) is 14.0. The van der Waals surface area contributed by atoms with Crippen LogP contribution in [0.3, 0.4) is 0 Å². The molecule has 0 aromatic heterocycles. The average Bonchev–Trinajstić information content (AvgIpc) is 2.71. The summed E-state index contributed by atoms with van der Waals surface area (Å²) in [6, 6.07) is 6.72. The van der Waals surface area contributed by atoms with Crippen molar-refractivity contribution in [3.05, 3.63) is 41.5 Å². The van der Waals surface area contributed by atoms with Gasteiger partial charge in [0.2, 0.25) is 0 Å². The first-order chi connectivity index (χ1) is 13.5. The zero-order chi connectivity index (χ0) is 20.8. The lowest BCUT2D eigenvalue weighted by atomic mass is 10.0. The quantitative estimate of drug-likeness (QED) is 0.338. The zero-order valence-corrected chi connectivity index (χ0v) is 18.1. The van der Waals surface area contributed by atoms with Gasteiger partial charge in [0, 0.05) is 5.56 Å². The maximum Gasteiger partial charge on any atom is 0.328 e. The van der Waals surface area contributed by atoms with E-state index in [2.05, 4.69) is 12.2 Å². The number of nitrogens with one attached hydrogen (secondary N) is 1. The van der Waals surface area contributed by atoms with E-state index >= 15 is 0 Å². The molecule has 0 saturated heterocycles. The van der Waals surface area contributed by atoms with Crippen LogP contribution in [0.4, 0.5) is 0 Å². The SMILES string of the molecule is C/C=C(\C)c1ccc(C(=O)N[C@@H](C)C(=O)OCCCCCCCCCC)cc1. The van der Waals surface area contributed by atoms with Gasteiger partial charge in [-0.2, -0.15) is 0 Å². The van der Waals surface area contributed by atoms with Crippen LogP contribution in [0, 0.1) is 0 Å². The van der Waals surface area contributed by atoms with Gasteiger partial charge >= 0.3 is 5.97 Å². The molecule has 0 unspecified atom stereocenters. The third-order valence-corrected chi connectivity index (χ3v) is 4.98. The van der Waals surface area contributed by atoms with Crippen LogP contribution >= 0.6 is 0 Å². The summed E-state index contributed by atoms with van der Waals surface area (Å²) in [7, 11) is 0. The van der Waals surface area contributed by atoms with Crippen LogP contribution in [0.2, 0.25) is 0 Å². The molecule has 1 aromatic carbocycles. The summed E-state index contributed by atoms with van der Waals surface area (Å²) in [5, 5.41) is 2.71. The summed E-state index contributed by atoms with van der Waals surface area (Å²) in [6.07, 6.45) is 11.6. The van der Waals surface area contributed by atoms with E-state index in [9.17, 15) is 9.59 Å². The second-order valence-corrected chi connectivity index (χ2v) is 7.39. The highest BCUT2D eigenvalue weighted by atomic mass is 16.5. The van der Waals surface area contributed by atoms with Crippen LogP contribution in [-0.4, -0.2) is 24.5 Å². The van der Waals surface area contributed by atoms with E-state index < -0.39 is 6.04 Å². The zero-order valence-electron chi connectivity index (χ0n) is 18.1. The lowest BCUT2D eigenvalue weighted by Crippen LogP contribution is -2.39. The number of hydrogen-bond donors (Lipinski definition) is 1. The number of carbonyl (C=O) groups is 2. The van der Waals surface area contributed by atoms with Gasteiger partial charge in [-0.25, -0.2) is 4.79 Å². The lowest BCUT2D eigenvalue weighted by Gasteiger charge is -2.14. The minimum atomic E-state index is -0.654. The Morgan fingerprint density at radius 1 is 0.964 bits per heavy atom. The molecule has 0 heterocycles. The van der Waals surface area contributed by atoms with Crippen molar-refractivity contribution in [3.63, 3.8) is 0 Å². The first-order valence-corrected chi connectivity index (χ1v) is 10.7. The van der Waals surface area contributed by atoms with E-state index in [1.54, 1.807) is 19.1 Å². The largest absolute Gasteiger partial charge is 0.464 e. The summed E-state index contributed by atoms with van der Waals surface area (Å²) in [4.78, 5) is 24.4. The van der Waals surface area contributed by atoms with Gasteiger partial charge in [-0.1, -0.05) is 70.1 Å². The average molecular weight is 388 g/mol. The summed E-state index contributed by atoms with van der Waals surface area (Å²) in [6.45, 7) is 8.31. The first-order valence-electron chi connectivity index (χ1n) is 10.7. The number of carbonyl (C=O) groups excluding carboxylic acids is 2. The summed E-state index contributed by atoms with van der Waals surface area (Å²) in [5.41, 5.74) is 2.78. The third kappa shape index (κ3) is 9.20. The molecule has 28 heavy (non-hydrogen) atoms. The molecule has 156 valence electrons. The number of esters is 1. The van der Waals surface area contributed by atoms with Crippen LogP contribution in [-0.2, 0) is 9.53 Å². The highest BCUT2D eigenvalue weighted by Gasteiger charge is 2.17. The predicted octanol–water partition coefficient (Wildman–Crippen LogP) is 5.91. The number of rotatable bonds is 13.